The Morgan fingerprint density at radius 3 is 2.85 bits per heavy atom. The molecule has 0 aromatic heterocycles. The Bertz CT molecular complexity index is 142. The van der Waals surface area contributed by atoms with Crippen LogP contribution in [0.5, 0.6) is 0 Å². The Morgan fingerprint density at radius 2 is 2.15 bits per heavy atom. The van der Waals surface area contributed by atoms with Gasteiger partial charge >= 0.3 is 0 Å². The van der Waals surface area contributed by atoms with Gasteiger partial charge in [-0.1, -0.05) is 32.3 Å². The maximum absolute atomic E-state index is 3.74. The van der Waals surface area contributed by atoms with Gasteiger partial charge in [-0.2, -0.15) is 0 Å². The summed E-state index contributed by atoms with van der Waals surface area (Å²) in [7, 11) is 0. The second-order valence-electron chi connectivity index (χ2n) is 4.09. The summed E-state index contributed by atoms with van der Waals surface area (Å²) in [5.74, 6) is 0.929. The lowest BCUT2D eigenvalue weighted by atomic mass is 9.83. The first-order valence-corrected chi connectivity index (χ1v) is 5.72. The third kappa shape index (κ3) is 3.51. The smallest absolute Gasteiger partial charge is 0.00953 e. The number of hydrogen-bond donors (Lipinski definition) is 1. The van der Waals surface area contributed by atoms with Crippen LogP contribution < -0.4 is 5.32 Å². The normalized spacial score (nSPS) is 28.7. The summed E-state index contributed by atoms with van der Waals surface area (Å²) < 4.78 is 0. The summed E-state index contributed by atoms with van der Waals surface area (Å²) in [6.07, 6.45) is 10.1. The van der Waals surface area contributed by atoms with Crippen molar-refractivity contribution in [2.24, 2.45) is 5.92 Å². The highest BCUT2D eigenvalue weighted by Gasteiger charge is 2.22. The molecule has 1 saturated carbocycles. The average Bonchev–Trinajstić information content (AvgIpc) is 2.19. The molecule has 0 saturated heterocycles. The van der Waals surface area contributed by atoms with E-state index in [1.54, 1.807) is 0 Å². The van der Waals surface area contributed by atoms with Crippen LogP contribution in [0.15, 0.2) is 12.7 Å². The van der Waals surface area contributed by atoms with Crippen molar-refractivity contribution >= 4 is 0 Å². The second-order valence-corrected chi connectivity index (χ2v) is 4.09. The van der Waals surface area contributed by atoms with E-state index in [0.29, 0.717) is 0 Å². The lowest BCUT2D eigenvalue weighted by molar-refractivity contribution is 0.257. The van der Waals surface area contributed by atoms with E-state index in [1.165, 1.54) is 32.1 Å². The maximum atomic E-state index is 3.74. The molecule has 0 aliphatic heterocycles. The third-order valence-electron chi connectivity index (χ3n) is 3.19. The molecule has 0 aromatic rings. The molecule has 1 nitrogen and oxygen atoms in total. The molecule has 13 heavy (non-hydrogen) atoms. The topological polar surface area (TPSA) is 12.0 Å². The molecule has 76 valence electrons. The van der Waals surface area contributed by atoms with Crippen molar-refractivity contribution in [2.75, 3.05) is 6.54 Å². The predicted octanol–water partition coefficient (Wildman–Crippen LogP) is 3.12. The minimum absolute atomic E-state index is 0.790. The zero-order valence-corrected chi connectivity index (χ0v) is 8.89. The summed E-state index contributed by atoms with van der Waals surface area (Å²) in [6, 6.07) is 0.790. The summed E-state index contributed by atoms with van der Waals surface area (Å²) in [5.41, 5.74) is 0. The first-order valence-electron chi connectivity index (χ1n) is 5.72. The van der Waals surface area contributed by atoms with E-state index in [2.05, 4.69) is 18.8 Å². The van der Waals surface area contributed by atoms with Crippen LogP contribution in [0.4, 0.5) is 0 Å². The zero-order chi connectivity index (χ0) is 9.52. The summed E-state index contributed by atoms with van der Waals surface area (Å²) in [5, 5.41) is 3.65. The van der Waals surface area contributed by atoms with Gasteiger partial charge in [-0.25, -0.2) is 0 Å². The van der Waals surface area contributed by atoms with Crippen molar-refractivity contribution in [3.63, 3.8) is 0 Å². The fourth-order valence-corrected chi connectivity index (χ4v) is 2.34. The minimum Gasteiger partial charge on any atom is -0.313 e. The Morgan fingerprint density at radius 1 is 1.38 bits per heavy atom. The summed E-state index contributed by atoms with van der Waals surface area (Å²) in [6.45, 7) is 7.18. The van der Waals surface area contributed by atoms with Crippen molar-refractivity contribution in [1.82, 2.24) is 5.32 Å². The quantitative estimate of drug-likeness (QED) is 0.507. The van der Waals surface area contributed by atoms with Crippen LogP contribution in [0.3, 0.4) is 0 Å². The number of nitrogens with one attached hydrogen (secondary N) is 1. The van der Waals surface area contributed by atoms with Crippen LogP contribution in [-0.2, 0) is 0 Å². The van der Waals surface area contributed by atoms with Gasteiger partial charge in [0.1, 0.15) is 0 Å². The van der Waals surface area contributed by atoms with Crippen LogP contribution in [0.25, 0.3) is 0 Å². The molecule has 0 amide bonds. The van der Waals surface area contributed by atoms with Gasteiger partial charge in [0.25, 0.3) is 0 Å². The molecule has 2 unspecified atom stereocenters. The fourth-order valence-electron chi connectivity index (χ4n) is 2.34. The van der Waals surface area contributed by atoms with E-state index < -0.39 is 0 Å². The molecule has 0 bridgehead atoms. The SMILES string of the molecule is C=CCCNC1CCCCC1CC. The third-order valence-corrected chi connectivity index (χ3v) is 3.19. The van der Waals surface area contributed by atoms with Crippen molar-refractivity contribution < 1.29 is 0 Å². The first kappa shape index (κ1) is 10.8. The highest BCUT2D eigenvalue weighted by atomic mass is 14.9. The molecule has 0 aromatic carbocycles. The monoisotopic (exact) mass is 181 g/mol. The molecule has 0 radical (unpaired) electrons. The van der Waals surface area contributed by atoms with Gasteiger partial charge in [-0.05, 0) is 31.7 Å². The Kier molecular flexibility index (Phi) is 5.14. The second kappa shape index (κ2) is 6.20. The van der Waals surface area contributed by atoms with Gasteiger partial charge in [0.05, 0.1) is 0 Å². The molecular formula is C12H23N. The standard InChI is InChI=1S/C12H23N/c1-3-5-10-13-12-9-7-6-8-11(12)4-2/h3,11-13H,1,4-10H2,2H3. The lowest BCUT2D eigenvalue weighted by Gasteiger charge is -2.31. The van der Waals surface area contributed by atoms with E-state index in [4.69, 9.17) is 0 Å². The minimum atomic E-state index is 0.790. The molecule has 2 atom stereocenters. The molecule has 1 heteroatoms. The number of hydrogen-bond acceptors (Lipinski definition) is 1. The van der Waals surface area contributed by atoms with Crippen LogP contribution in [0, 0.1) is 5.92 Å². The highest BCUT2D eigenvalue weighted by molar-refractivity contribution is 4.81. The van der Waals surface area contributed by atoms with Gasteiger partial charge < -0.3 is 5.32 Å². The van der Waals surface area contributed by atoms with Gasteiger partial charge in [0.2, 0.25) is 0 Å². The van der Waals surface area contributed by atoms with Crippen molar-refractivity contribution in [3.05, 3.63) is 12.7 Å². The number of rotatable bonds is 5. The Labute approximate surface area is 82.6 Å². The van der Waals surface area contributed by atoms with E-state index in [-0.39, 0.29) is 0 Å². The van der Waals surface area contributed by atoms with Crippen LogP contribution in [0.2, 0.25) is 0 Å². The molecule has 1 rings (SSSR count). The largest absolute Gasteiger partial charge is 0.313 e. The average molecular weight is 181 g/mol. The summed E-state index contributed by atoms with van der Waals surface area (Å²) in [4.78, 5) is 0. The molecule has 0 heterocycles. The molecular weight excluding hydrogens is 158 g/mol. The maximum Gasteiger partial charge on any atom is 0.00953 e. The highest BCUT2D eigenvalue weighted by Crippen LogP contribution is 2.26. The van der Waals surface area contributed by atoms with Gasteiger partial charge in [0, 0.05) is 6.04 Å². The van der Waals surface area contributed by atoms with Crippen LogP contribution >= 0.6 is 0 Å². The van der Waals surface area contributed by atoms with Gasteiger partial charge in [0.15, 0.2) is 0 Å². The van der Waals surface area contributed by atoms with E-state index in [9.17, 15) is 0 Å². The Hall–Kier alpha value is -0.300. The van der Waals surface area contributed by atoms with Crippen molar-refractivity contribution in [3.8, 4) is 0 Å². The zero-order valence-electron chi connectivity index (χ0n) is 8.89. The van der Waals surface area contributed by atoms with E-state index >= 15 is 0 Å². The molecule has 1 aliphatic rings. The van der Waals surface area contributed by atoms with Crippen LogP contribution in [-0.4, -0.2) is 12.6 Å². The fraction of sp³-hybridized carbons (Fsp3) is 0.833. The molecule has 0 spiro atoms. The molecule has 1 N–H and O–H groups in total. The molecule has 1 aliphatic carbocycles. The van der Waals surface area contributed by atoms with Crippen molar-refractivity contribution in [1.29, 1.82) is 0 Å². The molecule has 1 fully saturated rings. The van der Waals surface area contributed by atoms with Crippen molar-refractivity contribution in [2.45, 2.75) is 51.5 Å². The summed E-state index contributed by atoms with van der Waals surface area (Å²) >= 11 is 0. The first-order chi connectivity index (χ1) is 6.38. The van der Waals surface area contributed by atoms with E-state index in [1.807, 2.05) is 6.08 Å². The van der Waals surface area contributed by atoms with E-state index in [0.717, 1.165) is 24.9 Å². The van der Waals surface area contributed by atoms with Gasteiger partial charge in [-0.3, -0.25) is 0 Å². The Balaban J connectivity index is 2.23. The lowest BCUT2D eigenvalue weighted by Crippen LogP contribution is -2.38. The van der Waals surface area contributed by atoms with Gasteiger partial charge in [-0.15, -0.1) is 6.58 Å². The predicted molar refractivity (Wildman–Crippen MR) is 58.9 cm³/mol. The van der Waals surface area contributed by atoms with Crippen LogP contribution in [0.1, 0.15) is 45.4 Å².